The Morgan fingerprint density at radius 2 is 2.27 bits per heavy atom. The van der Waals surface area contributed by atoms with Gasteiger partial charge in [0, 0.05) is 10.4 Å². The highest BCUT2D eigenvalue weighted by molar-refractivity contribution is 7.10. The zero-order valence-corrected chi connectivity index (χ0v) is 9.50. The maximum Gasteiger partial charge on any atom is 0.0691 e. The Labute approximate surface area is 78.2 Å². The van der Waals surface area contributed by atoms with Gasteiger partial charge in [0.05, 0.1) is 8.07 Å². The Morgan fingerprint density at radius 1 is 1.55 bits per heavy atom. The molecular weight excluding hydrogens is 192 g/mol. The van der Waals surface area contributed by atoms with Gasteiger partial charge >= 0.3 is 0 Å². The van der Waals surface area contributed by atoms with Crippen molar-refractivity contribution in [1.82, 2.24) is 0 Å². The number of halogens is 1. The molecule has 0 saturated carbocycles. The van der Waals surface area contributed by atoms with Crippen molar-refractivity contribution < 1.29 is 0 Å². The minimum Gasteiger partial charge on any atom is -0.149 e. The van der Waals surface area contributed by atoms with Crippen molar-refractivity contribution in [2.45, 2.75) is 19.1 Å². The van der Waals surface area contributed by atoms with Crippen molar-refractivity contribution in [3.63, 3.8) is 0 Å². The van der Waals surface area contributed by atoms with Gasteiger partial charge in [-0.1, -0.05) is 19.2 Å². The number of hydrogen-bond donors (Lipinski definition) is 0. The molecule has 0 aliphatic carbocycles. The molecule has 0 radical (unpaired) electrons. The Hall–Kier alpha value is 0.207. The molecule has 0 bridgehead atoms. The molecule has 11 heavy (non-hydrogen) atoms. The molecule has 0 unspecified atom stereocenters. The number of rotatable bonds is 3. The normalized spacial score (nSPS) is 11.9. The summed E-state index contributed by atoms with van der Waals surface area (Å²) >= 11 is 7.72. The third-order valence-electron chi connectivity index (χ3n) is 1.59. The first-order valence-electron chi connectivity index (χ1n) is 3.72. The fraction of sp³-hybridized carbons (Fsp3) is 0.500. The molecule has 0 amide bonds. The van der Waals surface area contributed by atoms with Gasteiger partial charge in [-0.3, -0.25) is 0 Å². The minimum absolute atomic E-state index is 0.866. The quantitative estimate of drug-likeness (QED) is 0.524. The molecule has 0 aliphatic rings. The summed E-state index contributed by atoms with van der Waals surface area (Å²) in [6.07, 6.45) is 0. The van der Waals surface area contributed by atoms with Crippen molar-refractivity contribution in [2.24, 2.45) is 0 Å². The van der Waals surface area contributed by atoms with E-state index in [1.54, 1.807) is 0 Å². The van der Waals surface area contributed by atoms with E-state index in [2.05, 4.69) is 30.6 Å². The van der Waals surface area contributed by atoms with Crippen molar-refractivity contribution in [3.05, 3.63) is 22.4 Å². The second-order valence-corrected chi connectivity index (χ2v) is 10.3. The Bertz CT molecular complexity index is 206. The van der Waals surface area contributed by atoms with Crippen molar-refractivity contribution in [2.75, 3.05) is 5.50 Å². The molecule has 0 aliphatic heterocycles. The molecule has 1 heterocycles. The molecule has 0 fully saturated rings. The van der Waals surface area contributed by atoms with Crippen LogP contribution < -0.4 is 0 Å². The summed E-state index contributed by atoms with van der Waals surface area (Å²) in [5.41, 5.74) is 0.866. The monoisotopic (exact) mass is 204 g/mol. The summed E-state index contributed by atoms with van der Waals surface area (Å²) in [6.45, 7) is 4.67. The SMILES string of the molecule is C[Si](C)(CCl)Cc1cccs1. The molecule has 0 saturated heterocycles. The molecule has 0 aromatic carbocycles. The maximum absolute atomic E-state index is 5.88. The zero-order valence-electron chi connectivity index (χ0n) is 6.93. The van der Waals surface area contributed by atoms with Crippen LogP contribution in [0.2, 0.25) is 13.1 Å². The summed E-state index contributed by atoms with van der Waals surface area (Å²) in [4.78, 5) is 1.49. The topological polar surface area (TPSA) is 0 Å². The predicted molar refractivity (Wildman–Crippen MR) is 56.2 cm³/mol. The van der Waals surface area contributed by atoms with E-state index >= 15 is 0 Å². The first-order chi connectivity index (χ1) is 5.14. The molecule has 3 heteroatoms. The molecule has 1 aromatic rings. The Balaban J connectivity index is 2.56. The lowest BCUT2D eigenvalue weighted by Crippen LogP contribution is -2.31. The van der Waals surface area contributed by atoms with Crippen LogP contribution in [-0.2, 0) is 6.04 Å². The van der Waals surface area contributed by atoms with Gasteiger partial charge < -0.3 is 0 Å². The standard InChI is InChI=1S/C8H13ClSSi/c1-11(2,7-9)6-8-4-3-5-10-8/h3-5H,6-7H2,1-2H3. The van der Waals surface area contributed by atoms with E-state index < -0.39 is 8.07 Å². The van der Waals surface area contributed by atoms with Crippen LogP contribution in [0.4, 0.5) is 0 Å². The third-order valence-corrected chi connectivity index (χ3v) is 6.96. The van der Waals surface area contributed by atoms with Gasteiger partial charge in [-0.05, 0) is 17.5 Å². The molecule has 1 rings (SSSR count). The van der Waals surface area contributed by atoms with Gasteiger partial charge in [0.1, 0.15) is 0 Å². The highest BCUT2D eigenvalue weighted by Crippen LogP contribution is 2.17. The fourth-order valence-corrected chi connectivity index (χ4v) is 4.37. The average Bonchev–Trinajstić information content (AvgIpc) is 2.39. The maximum atomic E-state index is 5.88. The van der Waals surface area contributed by atoms with Crippen LogP contribution in [0.5, 0.6) is 0 Å². The number of thiophene rings is 1. The zero-order chi connectivity index (χ0) is 8.32. The fourth-order valence-electron chi connectivity index (χ4n) is 0.932. The molecule has 1 aromatic heterocycles. The molecule has 0 spiro atoms. The summed E-state index contributed by atoms with van der Waals surface area (Å²) in [5.74, 6) is 0. The van der Waals surface area contributed by atoms with E-state index in [9.17, 15) is 0 Å². The van der Waals surface area contributed by atoms with E-state index in [1.165, 1.54) is 10.9 Å². The van der Waals surface area contributed by atoms with Crippen LogP contribution in [-0.4, -0.2) is 13.6 Å². The van der Waals surface area contributed by atoms with Gasteiger partial charge in [0.2, 0.25) is 0 Å². The van der Waals surface area contributed by atoms with E-state index in [1.807, 2.05) is 11.3 Å². The van der Waals surface area contributed by atoms with Gasteiger partial charge in [-0.15, -0.1) is 22.9 Å². The van der Waals surface area contributed by atoms with Gasteiger partial charge in [-0.2, -0.15) is 0 Å². The van der Waals surface area contributed by atoms with Crippen LogP contribution in [0.1, 0.15) is 4.88 Å². The first kappa shape index (κ1) is 9.30. The second-order valence-electron chi connectivity index (χ2n) is 3.55. The summed E-state index contributed by atoms with van der Waals surface area (Å²) in [6, 6.07) is 5.54. The largest absolute Gasteiger partial charge is 0.149 e. The molecular formula is C8H13ClSSi. The Morgan fingerprint density at radius 3 is 2.73 bits per heavy atom. The lowest BCUT2D eigenvalue weighted by molar-refractivity contribution is 1.37. The van der Waals surface area contributed by atoms with E-state index in [0.717, 1.165) is 5.50 Å². The summed E-state index contributed by atoms with van der Waals surface area (Å²) in [7, 11) is -1.11. The van der Waals surface area contributed by atoms with Crippen LogP contribution in [0.25, 0.3) is 0 Å². The molecule has 0 N–H and O–H groups in total. The molecule has 0 nitrogen and oxygen atoms in total. The van der Waals surface area contributed by atoms with Crippen LogP contribution >= 0.6 is 22.9 Å². The smallest absolute Gasteiger partial charge is 0.0691 e. The second kappa shape index (κ2) is 3.74. The Kier molecular flexibility index (Phi) is 3.16. The molecule has 62 valence electrons. The minimum atomic E-state index is -1.11. The van der Waals surface area contributed by atoms with E-state index in [4.69, 9.17) is 11.6 Å². The van der Waals surface area contributed by atoms with Crippen LogP contribution in [0, 0.1) is 0 Å². The number of hydrogen-bond acceptors (Lipinski definition) is 1. The van der Waals surface area contributed by atoms with Crippen molar-refractivity contribution in [1.29, 1.82) is 0 Å². The van der Waals surface area contributed by atoms with Gasteiger partial charge in [0.25, 0.3) is 0 Å². The lowest BCUT2D eigenvalue weighted by atomic mass is 10.5. The van der Waals surface area contributed by atoms with Crippen molar-refractivity contribution >= 4 is 31.0 Å². The van der Waals surface area contributed by atoms with Crippen LogP contribution in [0.3, 0.4) is 0 Å². The molecule has 0 atom stereocenters. The van der Waals surface area contributed by atoms with E-state index in [-0.39, 0.29) is 0 Å². The summed E-state index contributed by atoms with van der Waals surface area (Å²) < 4.78 is 0. The average molecular weight is 205 g/mol. The van der Waals surface area contributed by atoms with Gasteiger partial charge in [-0.25, -0.2) is 0 Å². The van der Waals surface area contributed by atoms with E-state index in [0.29, 0.717) is 0 Å². The van der Waals surface area contributed by atoms with Crippen LogP contribution in [0.15, 0.2) is 17.5 Å². The lowest BCUT2D eigenvalue weighted by Gasteiger charge is -2.16. The first-order valence-corrected chi connectivity index (χ1v) is 8.55. The summed E-state index contributed by atoms with van der Waals surface area (Å²) in [5, 5.41) is 2.13. The number of alkyl halides is 1. The highest BCUT2D eigenvalue weighted by Gasteiger charge is 2.19. The third kappa shape index (κ3) is 2.97. The van der Waals surface area contributed by atoms with Gasteiger partial charge in [0.15, 0.2) is 0 Å². The highest BCUT2D eigenvalue weighted by atomic mass is 35.5. The van der Waals surface area contributed by atoms with Crippen molar-refractivity contribution in [3.8, 4) is 0 Å². The predicted octanol–water partition coefficient (Wildman–Crippen LogP) is 3.32.